The smallest absolute Gasteiger partial charge is 0.276 e. The standard InChI is InChI=1S/C12H10N2O3S/c13-12-14-11(15)8(5-18-12)3-7-1-2-9-10(4-7)17-6-16-9/h1-4H,5-6H2,(H2,13,14,15)/b8-3+. The highest BCUT2D eigenvalue weighted by atomic mass is 32.2. The molecule has 5 nitrogen and oxygen atoms in total. The molecule has 1 aromatic carbocycles. The number of hydrogen-bond donors (Lipinski definition) is 1. The Balaban J connectivity index is 1.90. The van der Waals surface area contributed by atoms with Gasteiger partial charge in [0.25, 0.3) is 5.91 Å². The molecule has 3 rings (SSSR count). The van der Waals surface area contributed by atoms with Crippen LogP contribution < -0.4 is 15.2 Å². The molecule has 0 bridgehead atoms. The van der Waals surface area contributed by atoms with Crippen molar-refractivity contribution in [3.63, 3.8) is 0 Å². The molecule has 0 aliphatic carbocycles. The van der Waals surface area contributed by atoms with Crippen LogP contribution in [0.2, 0.25) is 0 Å². The van der Waals surface area contributed by atoms with E-state index in [-0.39, 0.29) is 12.7 Å². The normalized spacial score (nSPS) is 20.1. The van der Waals surface area contributed by atoms with Gasteiger partial charge in [0.05, 0.1) is 0 Å². The number of benzene rings is 1. The molecule has 6 heteroatoms. The average molecular weight is 262 g/mol. The summed E-state index contributed by atoms with van der Waals surface area (Å²) in [6.07, 6.45) is 1.80. The first kappa shape index (κ1) is 11.2. The fourth-order valence-corrected chi connectivity index (χ4v) is 2.38. The van der Waals surface area contributed by atoms with E-state index in [9.17, 15) is 4.79 Å². The van der Waals surface area contributed by atoms with Gasteiger partial charge in [-0.25, -0.2) is 0 Å². The quantitative estimate of drug-likeness (QED) is 0.774. The number of amides is 1. The molecule has 2 aliphatic rings. The molecule has 1 aromatic rings. The Hall–Kier alpha value is -1.95. The van der Waals surface area contributed by atoms with Crippen molar-refractivity contribution in [2.75, 3.05) is 12.5 Å². The van der Waals surface area contributed by atoms with Crippen molar-refractivity contribution >= 4 is 28.9 Å². The second-order valence-corrected chi connectivity index (χ2v) is 4.82. The summed E-state index contributed by atoms with van der Waals surface area (Å²) < 4.78 is 10.5. The lowest BCUT2D eigenvalue weighted by molar-refractivity contribution is -0.114. The Kier molecular flexibility index (Phi) is 2.71. The van der Waals surface area contributed by atoms with Gasteiger partial charge < -0.3 is 15.2 Å². The zero-order valence-corrected chi connectivity index (χ0v) is 10.2. The summed E-state index contributed by atoms with van der Waals surface area (Å²) in [6.45, 7) is 0.241. The molecule has 0 unspecified atom stereocenters. The summed E-state index contributed by atoms with van der Waals surface area (Å²) in [5.74, 6) is 1.69. The van der Waals surface area contributed by atoms with E-state index in [2.05, 4.69) is 4.99 Å². The Morgan fingerprint density at radius 1 is 1.33 bits per heavy atom. The molecule has 0 atom stereocenters. The van der Waals surface area contributed by atoms with Crippen molar-refractivity contribution in [3.8, 4) is 11.5 Å². The minimum absolute atomic E-state index is 0.241. The maximum atomic E-state index is 11.6. The molecule has 18 heavy (non-hydrogen) atoms. The molecule has 92 valence electrons. The molecule has 0 saturated heterocycles. The van der Waals surface area contributed by atoms with E-state index in [1.807, 2.05) is 18.2 Å². The summed E-state index contributed by atoms with van der Waals surface area (Å²) in [5.41, 5.74) is 7.00. The van der Waals surface area contributed by atoms with Gasteiger partial charge in [0.1, 0.15) is 0 Å². The lowest BCUT2D eigenvalue weighted by atomic mass is 10.1. The Morgan fingerprint density at radius 2 is 2.17 bits per heavy atom. The first-order valence-corrected chi connectivity index (χ1v) is 6.32. The number of carbonyl (C=O) groups excluding carboxylic acids is 1. The number of ether oxygens (including phenoxy) is 2. The third kappa shape index (κ3) is 2.06. The number of fused-ring (bicyclic) bond motifs is 1. The lowest BCUT2D eigenvalue weighted by Gasteiger charge is -2.09. The minimum Gasteiger partial charge on any atom is -0.454 e. The molecule has 0 aromatic heterocycles. The van der Waals surface area contributed by atoms with E-state index in [1.165, 1.54) is 11.8 Å². The van der Waals surface area contributed by atoms with Gasteiger partial charge in [0.15, 0.2) is 16.7 Å². The molecule has 2 N–H and O–H groups in total. The van der Waals surface area contributed by atoms with Crippen LogP contribution >= 0.6 is 11.8 Å². The van der Waals surface area contributed by atoms with E-state index in [1.54, 1.807) is 6.08 Å². The summed E-state index contributed by atoms with van der Waals surface area (Å²) >= 11 is 1.36. The summed E-state index contributed by atoms with van der Waals surface area (Å²) in [7, 11) is 0. The fraction of sp³-hybridized carbons (Fsp3) is 0.167. The maximum absolute atomic E-state index is 11.6. The van der Waals surface area contributed by atoms with Crippen LogP contribution in [0, 0.1) is 0 Å². The molecule has 0 fully saturated rings. The zero-order chi connectivity index (χ0) is 12.5. The monoisotopic (exact) mass is 262 g/mol. The van der Waals surface area contributed by atoms with Crippen LogP contribution in [0.25, 0.3) is 6.08 Å². The van der Waals surface area contributed by atoms with Crippen LogP contribution in [0.4, 0.5) is 0 Å². The van der Waals surface area contributed by atoms with E-state index < -0.39 is 0 Å². The van der Waals surface area contributed by atoms with Gasteiger partial charge in [-0.1, -0.05) is 17.8 Å². The lowest BCUT2D eigenvalue weighted by Crippen LogP contribution is -2.18. The Labute approximate surface area is 108 Å². The van der Waals surface area contributed by atoms with Crippen molar-refractivity contribution in [2.45, 2.75) is 0 Å². The average Bonchev–Trinajstić information content (AvgIpc) is 2.80. The fourth-order valence-electron chi connectivity index (χ4n) is 1.73. The number of nitrogens with two attached hydrogens (primary N) is 1. The highest BCUT2D eigenvalue weighted by molar-refractivity contribution is 8.14. The van der Waals surface area contributed by atoms with Gasteiger partial charge in [-0.05, 0) is 23.8 Å². The van der Waals surface area contributed by atoms with Crippen LogP contribution in [-0.2, 0) is 4.79 Å². The summed E-state index contributed by atoms with van der Waals surface area (Å²) in [6, 6.07) is 5.54. The third-order valence-corrected chi connectivity index (χ3v) is 3.44. The third-order valence-electron chi connectivity index (χ3n) is 2.60. The highest BCUT2D eigenvalue weighted by Crippen LogP contribution is 2.33. The number of carbonyl (C=O) groups is 1. The second kappa shape index (κ2) is 4.38. The first-order valence-electron chi connectivity index (χ1n) is 5.34. The predicted octanol–water partition coefficient (Wildman–Crippen LogP) is 1.39. The van der Waals surface area contributed by atoms with Crippen LogP contribution in [-0.4, -0.2) is 23.6 Å². The number of thioether (sulfide) groups is 1. The Bertz CT molecular complexity index is 581. The highest BCUT2D eigenvalue weighted by Gasteiger charge is 2.17. The topological polar surface area (TPSA) is 73.9 Å². The predicted molar refractivity (Wildman–Crippen MR) is 69.6 cm³/mol. The second-order valence-electron chi connectivity index (χ2n) is 3.83. The van der Waals surface area contributed by atoms with Gasteiger partial charge in [-0.2, -0.15) is 4.99 Å². The molecule has 0 radical (unpaired) electrons. The van der Waals surface area contributed by atoms with Gasteiger partial charge >= 0.3 is 0 Å². The van der Waals surface area contributed by atoms with Gasteiger partial charge in [-0.3, -0.25) is 4.79 Å². The molecule has 2 aliphatic heterocycles. The molecule has 2 heterocycles. The minimum atomic E-state index is -0.274. The summed E-state index contributed by atoms with van der Waals surface area (Å²) in [4.78, 5) is 15.4. The number of rotatable bonds is 1. The maximum Gasteiger partial charge on any atom is 0.276 e. The Morgan fingerprint density at radius 3 is 3.00 bits per heavy atom. The molecular formula is C12H10N2O3S. The van der Waals surface area contributed by atoms with Crippen LogP contribution in [0.15, 0.2) is 28.8 Å². The van der Waals surface area contributed by atoms with E-state index in [0.29, 0.717) is 22.2 Å². The van der Waals surface area contributed by atoms with E-state index in [4.69, 9.17) is 15.2 Å². The van der Waals surface area contributed by atoms with E-state index >= 15 is 0 Å². The van der Waals surface area contributed by atoms with Crippen molar-refractivity contribution in [3.05, 3.63) is 29.3 Å². The van der Waals surface area contributed by atoms with Crippen LogP contribution in [0.5, 0.6) is 11.5 Å². The largest absolute Gasteiger partial charge is 0.454 e. The van der Waals surface area contributed by atoms with Crippen molar-refractivity contribution in [1.29, 1.82) is 0 Å². The van der Waals surface area contributed by atoms with Crippen molar-refractivity contribution < 1.29 is 14.3 Å². The number of amidine groups is 1. The SMILES string of the molecule is NC1=NC(=O)/C(=C/c2ccc3c(c2)OCO3)CS1. The van der Waals surface area contributed by atoms with Gasteiger partial charge in [0.2, 0.25) is 6.79 Å². The van der Waals surface area contributed by atoms with Gasteiger partial charge in [0, 0.05) is 11.3 Å². The molecule has 0 saturated carbocycles. The first-order chi connectivity index (χ1) is 8.72. The zero-order valence-electron chi connectivity index (χ0n) is 9.38. The number of hydrogen-bond acceptors (Lipinski definition) is 5. The molecule has 1 amide bonds. The van der Waals surface area contributed by atoms with Crippen molar-refractivity contribution in [1.82, 2.24) is 0 Å². The number of nitrogens with zero attached hydrogens (tertiary/aromatic N) is 1. The summed E-state index contributed by atoms with van der Waals surface area (Å²) in [5, 5.41) is 0.322. The van der Waals surface area contributed by atoms with Crippen LogP contribution in [0.1, 0.15) is 5.56 Å². The van der Waals surface area contributed by atoms with E-state index in [0.717, 1.165) is 11.3 Å². The number of aliphatic imine (C=N–C) groups is 1. The molecule has 0 spiro atoms. The van der Waals surface area contributed by atoms with Crippen LogP contribution in [0.3, 0.4) is 0 Å². The van der Waals surface area contributed by atoms with Gasteiger partial charge in [-0.15, -0.1) is 0 Å². The van der Waals surface area contributed by atoms with Crippen molar-refractivity contribution in [2.24, 2.45) is 10.7 Å². The molecular weight excluding hydrogens is 252 g/mol.